The van der Waals surface area contributed by atoms with Crippen molar-refractivity contribution in [3.8, 4) is 16.8 Å². The van der Waals surface area contributed by atoms with Gasteiger partial charge in [0.25, 0.3) is 0 Å². The largest absolute Gasteiger partial charge is 0.365 e. The normalized spacial score (nSPS) is 16.0. The highest BCUT2D eigenvalue weighted by molar-refractivity contribution is 6.30. The van der Waals surface area contributed by atoms with Gasteiger partial charge in [0.2, 0.25) is 0 Å². The highest BCUT2D eigenvalue weighted by atomic mass is 35.5. The van der Waals surface area contributed by atoms with Crippen LogP contribution < -0.4 is 9.80 Å². The molecule has 1 fully saturated rings. The van der Waals surface area contributed by atoms with Crippen LogP contribution in [0.2, 0.25) is 5.02 Å². The number of hydrogen-bond donors (Lipinski definition) is 0. The number of rotatable bonds is 4. The summed E-state index contributed by atoms with van der Waals surface area (Å²) in [6, 6.07) is 27.6. The minimum atomic E-state index is 0.349. The highest BCUT2D eigenvalue weighted by Gasteiger charge is 2.28. The summed E-state index contributed by atoms with van der Waals surface area (Å²) >= 11 is 6.35. The van der Waals surface area contributed by atoms with Gasteiger partial charge < -0.3 is 14.4 Å². The van der Waals surface area contributed by atoms with Crippen LogP contribution >= 0.6 is 11.6 Å². The Morgan fingerprint density at radius 2 is 1.67 bits per heavy atom. The van der Waals surface area contributed by atoms with E-state index in [2.05, 4.69) is 89.0 Å². The van der Waals surface area contributed by atoms with Crippen molar-refractivity contribution in [2.45, 2.75) is 19.9 Å². The summed E-state index contributed by atoms with van der Waals surface area (Å²) in [5, 5.41) is 1.77. The fourth-order valence-electron chi connectivity index (χ4n) is 5.21. The third-order valence-corrected chi connectivity index (χ3v) is 7.26. The van der Waals surface area contributed by atoms with Crippen LogP contribution in [0.3, 0.4) is 0 Å². The molecule has 3 heterocycles. The number of fused-ring (bicyclic) bond motifs is 1. The number of piperazine rings is 1. The zero-order valence-electron chi connectivity index (χ0n) is 20.5. The lowest BCUT2D eigenvalue weighted by molar-refractivity contribution is 0.548. The second kappa shape index (κ2) is 9.32. The SMILES string of the molecule is Cc1ccc(N2CCN(c3ncnc4c3c(-c3ccccc3)cn4-c3cccc(Cl)c3)C[C@H]2C)cc1. The molecule has 2 aromatic heterocycles. The van der Waals surface area contributed by atoms with Gasteiger partial charge in [0.1, 0.15) is 12.1 Å². The van der Waals surface area contributed by atoms with Crippen LogP contribution in [-0.4, -0.2) is 40.2 Å². The topological polar surface area (TPSA) is 37.2 Å². The third-order valence-electron chi connectivity index (χ3n) is 7.03. The lowest BCUT2D eigenvalue weighted by Crippen LogP contribution is -2.52. The Hall–Kier alpha value is -3.83. The van der Waals surface area contributed by atoms with Crippen LogP contribution in [0.1, 0.15) is 12.5 Å². The first-order chi connectivity index (χ1) is 17.6. The minimum Gasteiger partial charge on any atom is -0.365 e. The van der Waals surface area contributed by atoms with Gasteiger partial charge >= 0.3 is 0 Å². The number of hydrogen-bond acceptors (Lipinski definition) is 4. The summed E-state index contributed by atoms with van der Waals surface area (Å²) in [7, 11) is 0. The van der Waals surface area contributed by atoms with Gasteiger partial charge in [-0.15, -0.1) is 0 Å². The maximum atomic E-state index is 6.35. The number of nitrogens with zero attached hydrogens (tertiary/aromatic N) is 5. The van der Waals surface area contributed by atoms with E-state index in [1.807, 2.05) is 24.3 Å². The van der Waals surface area contributed by atoms with Gasteiger partial charge in [-0.3, -0.25) is 0 Å². The number of aromatic nitrogens is 3. The molecule has 6 rings (SSSR count). The Bertz CT molecular complexity index is 1510. The van der Waals surface area contributed by atoms with E-state index in [1.165, 1.54) is 11.3 Å². The molecule has 0 unspecified atom stereocenters. The molecule has 5 aromatic rings. The molecule has 6 heteroatoms. The first kappa shape index (κ1) is 22.6. The first-order valence-corrected chi connectivity index (χ1v) is 12.7. The van der Waals surface area contributed by atoms with Gasteiger partial charge in [-0.2, -0.15) is 0 Å². The lowest BCUT2D eigenvalue weighted by atomic mass is 10.1. The van der Waals surface area contributed by atoms with Crippen LogP contribution in [0, 0.1) is 6.92 Å². The van der Waals surface area contributed by atoms with E-state index in [0.717, 1.165) is 53.3 Å². The summed E-state index contributed by atoms with van der Waals surface area (Å²) in [5.41, 5.74) is 6.69. The Morgan fingerprint density at radius 3 is 2.42 bits per heavy atom. The van der Waals surface area contributed by atoms with Gasteiger partial charge in [0.15, 0.2) is 5.65 Å². The van der Waals surface area contributed by atoms with Crippen molar-refractivity contribution in [3.63, 3.8) is 0 Å². The van der Waals surface area contributed by atoms with Crippen LogP contribution in [0.15, 0.2) is 91.4 Å². The molecule has 0 saturated carbocycles. The van der Waals surface area contributed by atoms with Crippen LogP contribution in [0.25, 0.3) is 27.8 Å². The predicted molar refractivity (Wildman–Crippen MR) is 150 cm³/mol. The second-order valence-corrected chi connectivity index (χ2v) is 9.91. The van der Waals surface area contributed by atoms with Crippen LogP contribution in [0.4, 0.5) is 11.5 Å². The standard InChI is InChI=1S/C30H28ClN5/c1-21-11-13-25(14-12-21)35-16-15-34(18-22(35)2)29-28-27(23-7-4-3-5-8-23)19-36(30(28)33-20-32-29)26-10-6-9-24(31)17-26/h3-14,17,19-20,22H,15-16,18H2,1-2H3/t22-/m1/s1. The smallest absolute Gasteiger partial charge is 0.150 e. The minimum absolute atomic E-state index is 0.349. The number of benzene rings is 3. The van der Waals surface area contributed by atoms with E-state index in [1.54, 1.807) is 6.33 Å². The van der Waals surface area contributed by atoms with Gasteiger partial charge in [-0.05, 0) is 49.7 Å². The molecular weight excluding hydrogens is 466 g/mol. The average molecular weight is 494 g/mol. The molecule has 0 N–H and O–H groups in total. The molecule has 180 valence electrons. The molecule has 0 aliphatic carbocycles. The van der Waals surface area contributed by atoms with E-state index in [0.29, 0.717) is 11.1 Å². The van der Waals surface area contributed by atoms with Crippen molar-refractivity contribution in [2.75, 3.05) is 29.4 Å². The van der Waals surface area contributed by atoms with Crippen molar-refractivity contribution in [2.24, 2.45) is 0 Å². The lowest BCUT2D eigenvalue weighted by Gasteiger charge is -2.42. The maximum Gasteiger partial charge on any atom is 0.150 e. The van der Waals surface area contributed by atoms with Crippen LogP contribution in [-0.2, 0) is 0 Å². The monoisotopic (exact) mass is 493 g/mol. The average Bonchev–Trinajstić information content (AvgIpc) is 3.30. The van der Waals surface area contributed by atoms with Gasteiger partial charge in [0, 0.05) is 53.8 Å². The van der Waals surface area contributed by atoms with Gasteiger partial charge in [0.05, 0.1) is 5.39 Å². The molecule has 0 radical (unpaired) electrons. The summed E-state index contributed by atoms with van der Waals surface area (Å²) in [6.45, 7) is 7.13. The number of anilines is 2. The zero-order chi connectivity index (χ0) is 24.6. The number of aryl methyl sites for hydroxylation is 1. The molecule has 1 aliphatic heterocycles. The molecular formula is C30H28ClN5. The fourth-order valence-corrected chi connectivity index (χ4v) is 5.40. The fraction of sp³-hybridized carbons (Fsp3) is 0.200. The summed E-state index contributed by atoms with van der Waals surface area (Å²) in [6.07, 6.45) is 3.85. The van der Waals surface area contributed by atoms with Crippen molar-refractivity contribution >= 4 is 34.1 Å². The Morgan fingerprint density at radius 1 is 0.861 bits per heavy atom. The van der Waals surface area contributed by atoms with Gasteiger partial charge in [-0.1, -0.05) is 65.7 Å². The Labute approximate surface area is 216 Å². The predicted octanol–water partition coefficient (Wildman–Crippen LogP) is 6.76. The van der Waals surface area contributed by atoms with E-state index in [4.69, 9.17) is 21.6 Å². The molecule has 5 nitrogen and oxygen atoms in total. The summed E-state index contributed by atoms with van der Waals surface area (Å²) < 4.78 is 2.13. The number of halogens is 1. The molecule has 36 heavy (non-hydrogen) atoms. The molecule has 1 aliphatic rings. The molecule has 0 bridgehead atoms. The maximum absolute atomic E-state index is 6.35. The Kier molecular flexibility index (Phi) is 5.86. The summed E-state index contributed by atoms with van der Waals surface area (Å²) in [5.74, 6) is 0.982. The van der Waals surface area contributed by atoms with E-state index in [9.17, 15) is 0 Å². The molecule has 1 saturated heterocycles. The van der Waals surface area contributed by atoms with E-state index < -0.39 is 0 Å². The quantitative estimate of drug-likeness (QED) is 0.277. The molecule has 1 atom stereocenters. The van der Waals surface area contributed by atoms with Gasteiger partial charge in [-0.25, -0.2) is 9.97 Å². The molecule has 0 spiro atoms. The molecule has 3 aromatic carbocycles. The molecule has 0 amide bonds. The van der Waals surface area contributed by atoms with E-state index >= 15 is 0 Å². The van der Waals surface area contributed by atoms with Crippen molar-refractivity contribution in [1.82, 2.24) is 14.5 Å². The highest BCUT2D eigenvalue weighted by Crippen LogP contribution is 2.38. The zero-order valence-corrected chi connectivity index (χ0v) is 21.2. The third kappa shape index (κ3) is 4.10. The van der Waals surface area contributed by atoms with Crippen molar-refractivity contribution in [1.29, 1.82) is 0 Å². The van der Waals surface area contributed by atoms with Crippen molar-refractivity contribution in [3.05, 3.63) is 102 Å². The van der Waals surface area contributed by atoms with E-state index in [-0.39, 0.29) is 0 Å². The summed E-state index contributed by atoms with van der Waals surface area (Å²) in [4.78, 5) is 14.5. The Balaban J connectivity index is 1.44. The second-order valence-electron chi connectivity index (χ2n) is 9.48. The van der Waals surface area contributed by atoms with Crippen LogP contribution in [0.5, 0.6) is 0 Å². The van der Waals surface area contributed by atoms with Crippen molar-refractivity contribution < 1.29 is 0 Å². The first-order valence-electron chi connectivity index (χ1n) is 12.3.